The summed E-state index contributed by atoms with van der Waals surface area (Å²) in [7, 11) is -3.77. The molecule has 0 radical (unpaired) electrons. The molecule has 186 valence electrons. The maximum atomic E-state index is 13.6. The highest BCUT2D eigenvalue weighted by Crippen LogP contribution is 2.23. The molecule has 0 aliphatic carbocycles. The van der Waals surface area contributed by atoms with Gasteiger partial charge in [-0.3, -0.25) is 13.9 Å². The Morgan fingerprint density at radius 2 is 1.68 bits per heavy atom. The van der Waals surface area contributed by atoms with Crippen LogP contribution in [-0.2, 0) is 26.2 Å². The number of rotatable bonds is 11. The van der Waals surface area contributed by atoms with Crippen molar-refractivity contribution in [1.29, 1.82) is 0 Å². The van der Waals surface area contributed by atoms with Crippen molar-refractivity contribution >= 4 is 55.1 Å². The van der Waals surface area contributed by atoms with Crippen LogP contribution in [0.5, 0.6) is 0 Å². The van der Waals surface area contributed by atoms with Crippen LogP contribution in [0.3, 0.4) is 0 Å². The highest BCUT2D eigenvalue weighted by atomic mass is 79.9. The van der Waals surface area contributed by atoms with E-state index in [0.29, 0.717) is 22.7 Å². The molecule has 0 spiro atoms. The number of carbonyl (C=O) groups is 2. The van der Waals surface area contributed by atoms with Crippen LogP contribution in [0, 0.1) is 0 Å². The van der Waals surface area contributed by atoms with Gasteiger partial charge in [0.25, 0.3) is 0 Å². The summed E-state index contributed by atoms with van der Waals surface area (Å²) in [5, 5.41) is 3.40. The molecule has 7 nitrogen and oxygen atoms in total. The molecule has 0 saturated heterocycles. The zero-order valence-corrected chi connectivity index (χ0v) is 23.0. The number of nitrogens with one attached hydrogen (secondary N) is 1. The Morgan fingerprint density at radius 3 is 2.21 bits per heavy atom. The fourth-order valence-electron chi connectivity index (χ4n) is 3.39. The first kappa shape index (κ1) is 28.1. The average molecular weight is 573 g/mol. The molecular formula is C24H31BrClN3O4S. The molecule has 2 atom stereocenters. The topological polar surface area (TPSA) is 86.8 Å². The molecule has 0 fully saturated rings. The first-order valence-electron chi connectivity index (χ1n) is 11.0. The van der Waals surface area contributed by atoms with Gasteiger partial charge < -0.3 is 10.2 Å². The van der Waals surface area contributed by atoms with Crippen LogP contribution in [0.4, 0.5) is 5.69 Å². The molecule has 0 bridgehead atoms. The van der Waals surface area contributed by atoms with Crippen LogP contribution in [0.2, 0.25) is 5.02 Å². The number of halogens is 2. The van der Waals surface area contributed by atoms with Crippen LogP contribution >= 0.6 is 27.5 Å². The Morgan fingerprint density at radius 1 is 1.06 bits per heavy atom. The van der Waals surface area contributed by atoms with Gasteiger partial charge in [-0.25, -0.2) is 8.42 Å². The Labute approximate surface area is 215 Å². The summed E-state index contributed by atoms with van der Waals surface area (Å²) in [5.74, 6) is -0.786. The Bertz CT molecular complexity index is 1100. The fraction of sp³-hybridized carbons (Fsp3) is 0.417. The first-order chi connectivity index (χ1) is 16.0. The smallest absolute Gasteiger partial charge is 0.244 e. The number of benzene rings is 2. The quantitative estimate of drug-likeness (QED) is 0.427. The van der Waals surface area contributed by atoms with Crippen molar-refractivity contribution in [2.24, 2.45) is 0 Å². The molecule has 2 rings (SSSR count). The minimum absolute atomic E-state index is 0.0610. The van der Waals surface area contributed by atoms with Crippen LogP contribution in [0.15, 0.2) is 53.0 Å². The standard InChI is InChI=1S/C24H31BrClN3O4S/c1-5-17(3)27-24(31)22(6-2)28(15-18-9-7-8-10-21(18)26)23(30)16-29(34(4,32)33)20-13-11-19(25)12-14-20/h7-14,17,22H,5-6,15-16H2,1-4H3,(H,27,31)/t17-,22+/m1/s1. The molecule has 0 unspecified atom stereocenters. The van der Waals surface area contributed by atoms with Gasteiger partial charge in [0, 0.05) is 22.1 Å². The summed E-state index contributed by atoms with van der Waals surface area (Å²) >= 11 is 9.68. The third kappa shape index (κ3) is 7.71. The lowest BCUT2D eigenvalue weighted by Gasteiger charge is -2.33. The molecule has 2 aromatic carbocycles. The van der Waals surface area contributed by atoms with E-state index in [1.165, 1.54) is 4.90 Å². The van der Waals surface area contributed by atoms with E-state index in [9.17, 15) is 18.0 Å². The predicted octanol–water partition coefficient (Wildman–Crippen LogP) is 4.59. The van der Waals surface area contributed by atoms with E-state index in [1.807, 2.05) is 20.8 Å². The van der Waals surface area contributed by atoms with Crippen molar-refractivity contribution in [2.75, 3.05) is 17.1 Å². The number of nitrogens with zero attached hydrogens (tertiary/aromatic N) is 2. The maximum absolute atomic E-state index is 13.6. The Balaban J connectivity index is 2.44. The maximum Gasteiger partial charge on any atom is 0.244 e. The number of anilines is 1. The number of amides is 2. The zero-order chi connectivity index (χ0) is 25.5. The van der Waals surface area contributed by atoms with Crippen molar-refractivity contribution in [3.8, 4) is 0 Å². The number of carbonyl (C=O) groups excluding carboxylic acids is 2. The van der Waals surface area contributed by atoms with Gasteiger partial charge in [-0.15, -0.1) is 0 Å². The van der Waals surface area contributed by atoms with Crippen molar-refractivity contribution in [2.45, 2.75) is 52.2 Å². The average Bonchev–Trinajstić information content (AvgIpc) is 2.78. The van der Waals surface area contributed by atoms with Crippen molar-refractivity contribution < 1.29 is 18.0 Å². The minimum atomic E-state index is -3.77. The van der Waals surface area contributed by atoms with Gasteiger partial charge in [-0.2, -0.15) is 0 Å². The second kappa shape index (κ2) is 12.6. The van der Waals surface area contributed by atoms with Crippen molar-refractivity contribution in [3.63, 3.8) is 0 Å². The van der Waals surface area contributed by atoms with Gasteiger partial charge in [0.05, 0.1) is 11.9 Å². The van der Waals surface area contributed by atoms with Crippen LogP contribution in [0.25, 0.3) is 0 Å². The van der Waals surface area contributed by atoms with Crippen molar-refractivity contribution in [3.05, 3.63) is 63.6 Å². The predicted molar refractivity (Wildman–Crippen MR) is 140 cm³/mol. The van der Waals surface area contributed by atoms with Crippen LogP contribution < -0.4 is 9.62 Å². The van der Waals surface area contributed by atoms with E-state index in [0.717, 1.165) is 21.5 Å². The lowest BCUT2D eigenvalue weighted by Crippen LogP contribution is -2.53. The van der Waals surface area contributed by atoms with E-state index < -0.39 is 28.5 Å². The molecule has 10 heteroatoms. The largest absolute Gasteiger partial charge is 0.352 e. The van der Waals surface area contributed by atoms with Gasteiger partial charge in [-0.1, -0.05) is 59.6 Å². The number of hydrogen-bond acceptors (Lipinski definition) is 4. The summed E-state index contributed by atoms with van der Waals surface area (Å²) in [6, 6.07) is 12.9. The second-order valence-corrected chi connectivity index (χ2v) is 11.3. The molecule has 0 aliphatic rings. The molecule has 34 heavy (non-hydrogen) atoms. The number of hydrogen-bond donors (Lipinski definition) is 1. The third-order valence-corrected chi connectivity index (χ3v) is 7.52. The summed E-state index contributed by atoms with van der Waals surface area (Å²) < 4.78 is 27.0. The molecule has 2 amide bonds. The zero-order valence-electron chi connectivity index (χ0n) is 19.8. The van der Waals surface area contributed by atoms with Gasteiger partial charge in [0.2, 0.25) is 21.8 Å². The van der Waals surface area contributed by atoms with Gasteiger partial charge in [0.1, 0.15) is 12.6 Å². The molecular weight excluding hydrogens is 542 g/mol. The van der Waals surface area contributed by atoms with E-state index in [1.54, 1.807) is 48.5 Å². The van der Waals surface area contributed by atoms with E-state index in [-0.39, 0.29) is 18.5 Å². The molecule has 2 aromatic rings. The molecule has 0 saturated carbocycles. The normalized spacial score (nSPS) is 13.1. The SMILES string of the molecule is CC[C@@H](C)NC(=O)[C@H](CC)N(Cc1ccccc1Cl)C(=O)CN(c1ccc(Br)cc1)S(C)(=O)=O. The number of sulfonamides is 1. The van der Waals surface area contributed by atoms with Crippen LogP contribution in [-0.4, -0.2) is 50.0 Å². The monoisotopic (exact) mass is 571 g/mol. The van der Waals surface area contributed by atoms with Crippen molar-refractivity contribution in [1.82, 2.24) is 10.2 Å². The molecule has 1 N–H and O–H groups in total. The fourth-order valence-corrected chi connectivity index (χ4v) is 4.70. The third-order valence-electron chi connectivity index (χ3n) is 5.48. The molecule has 0 aliphatic heterocycles. The summed E-state index contributed by atoms with van der Waals surface area (Å²) in [6.07, 6.45) is 2.15. The lowest BCUT2D eigenvalue weighted by molar-refractivity contribution is -0.140. The summed E-state index contributed by atoms with van der Waals surface area (Å²) in [5.41, 5.74) is 1.02. The van der Waals surface area contributed by atoms with Crippen LogP contribution in [0.1, 0.15) is 39.2 Å². The highest BCUT2D eigenvalue weighted by Gasteiger charge is 2.32. The van der Waals surface area contributed by atoms with Gasteiger partial charge in [-0.05, 0) is 55.7 Å². The highest BCUT2D eigenvalue weighted by molar-refractivity contribution is 9.10. The minimum Gasteiger partial charge on any atom is -0.352 e. The lowest BCUT2D eigenvalue weighted by atomic mass is 10.1. The van der Waals surface area contributed by atoms with Gasteiger partial charge in [0.15, 0.2) is 0 Å². The summed E-state index contributed by atoms with van der Waals surface area (Å²) in [6.45, 7) is 5.29. The Kier molecular flexibility index (Phi) is 10.4. The van der Waals surface area contributed by atoms with Gasteiger partial charge >= 0.3 is 0 Å². The first-order valence-corrected chi connectivity index (χ1v) is 14.1. The second-order valence-electron chi connectivity index (χ2n) is 8.10. The Hall–Kier alpha value is -2.10. The van der Waals surface area contributed by atoms with E-state index >= 15 is 0 Å². The van der Waals surface area contributed by atoms with E-state index in [2.05, 4.69) is 21.2 Å². The van der Waals surface area contributed by atoms with E-state index in [4.69, 9.17) is 11.6 Å². The molecule has 0 heterocycles. The molecule has 0 aromatic heterocycles. The summed E-state index contributed by atoms with van der Waals surface area (Å²) in [4.78, 5) is 28.1.